The number of rotatable bonds is 5. The molecule has 1 amide bonds. The Morgan fingerprint density at radius 1 is 1.00 bits per heavy atom. The lowest BCUT2D eigenvalue weighted by Gasteiger charge is -2.59. The maximum Gasteiger partial charge on any atom is 0.308 e. The van der Waals surface area contributed by atoms with Crippen LogP contribution in [0.4, 0.5) is 0 Å². The van der Waals surface area contributed by atoms with Gasteiger partial charge in [0, 0.05) is 37.6 Å². The predicted octanol–water partition coefficient (Wildman–Crippen LogP) is 4.71. The van der Waals surface area contributed by atoms with E-state index in [2.05, 4.69) is 29.4 Å². The first-order chi connectivity index (χ1) is 17.3. The normalized spacial score (nSPS) is 26.2. The smallest absolute Gasteiger partial charge is 0.308 e. The Kier molecular flexibility index (Phi) is 6.58. The molecule has 1 aliphatic carbocycles. The molecule has 6 heteroatoms. The summed E-state index contributed by atoms with van der Waals surface area (Å²) in [5, 5.41) is 5.51. The zero-order valence-electron chi connectivity index (χ0n) is 21.3. The summed E-state index contributed by atoms with van der Waals surface area (Å²) in [6, 6.07) is 21.8. The fourth-order valence-electron chi connectivity index (χ4n) is 6.45. The molecular weight excluding hydrogens is 452 g/mol. The van der Waals surface area contributed by atoms with Gasteiger partial charge in [-0.25, -0.2) is 0 Å². The highest BCUT2D eigenvalue weighted by molar-refractivity contribution is 5.98. The van der Waals surface area contributed by atoms with Crippen LogP contribution in [0.3, 0.4) is 0 Å². The number of methoxy groups -OCH3 is 1. The minimum atomic E-state index is -0.390. The highest BCUT2D eigenvalue weighted by atomic mass is 16.5. The number of likely N-dealkylation sites (tertiary alicyclic amines) is 1. The number of nitrogens with one attached hydrogen (secondary N) is 1. The van der Waals surface area contributed by atoms with E-state index in [1.807, 2.05) is 54.6 Å². The van der Waals surface area contributed by atoms with Gasteiger partial charge in [0.15, 0.2) is 0 Å². The molecule has 1 N–H and O–H groups in total. The van der Waals surface area contributed by atoms with Crippen LogP contribution in [-0.4, -0.2) is 55.7 Å². The van der Waals surface area contributed by atoms with Crippen molar-refractivity contribution >= 4 is 22.6 Å². The number of carbonyl (C=O) groups excluding carboxylic acids is 2. The molecule has 6 nitrogen and oxygen atoms in total. The second kappa shape index (κ2) is 9.68. The van der Waals surface area contributed by atoms with E-state index in [0.717, 1.165) is 55.1 Å². The van der Waals surface area contributed by atoms with E-state index in [1.54, 1.807) is 7.11 Å². The maximum atomic E-state index is 13.3. The molecule has 36 heavy (non-hydrogen) atoms. The molecule has 0 radical (unpaired) electrons. The number of hydrogen-bond donors (Lipinski definition) is 1. The summed E-state index contributed by atoms with van der Waals surface area (Å²) < 4.78 is 11.8. The first-order valence-corrected chi connectivity index (χ1v) is 12.7. The largest absolute Gasteiger partial charge is 0.427 e. The fraction of sp³-hybridized carbons (Fsp3) is 0.400. The van der Waals surface area contributed by atoms with E-state index in [9.17, 15) is 9.59 Å². The molecule has 2 aliphatic rings. The monoisotopic (exact) mass is 486 g/mol. The number of ether oxygens (including phenoxy) is 2. The standard InChI is InChI=1S/C30H34N2O4/c1-21(33)36-27-10-6-9-25(18-27)29-15-16-32(2)20-30(29,35-3)14-13-26(19-29)31-28(34)24-12-11-22-7-4-5-8-23(22)17-24/h4-12,17-18,26H,13-16,19-20H2,1-3H3,(H,31,34). The molecule has 0 bridgehead atoms. The Hall–Kier alpha value is -3.22. The number of carbonyl (C=O) groups is 2. The quantitative estimate of drug-likeness (QED) is 0.418. The van der Waals surface area contributed by atoms with Crippen molar-refractivity contribution in [3.05, 3.63) is 77.9 Å². The average Bonchev–Trinajstić information content (AvgIpc) is 2.88. The average molecular weight is 487 g/mol. The topological polar surface area (TPSA) is 67.9 Å². The molecule has 3 aromatic carbocycles. The Morgan fingerprint density at radius 2 is 1.81 bits per heavy atom. The summed E-state index contributed by atoms with van der Waals surface area (Å²) in [5.41, 5.74) is 1.07. The molecule has 1 aliphatic heterocycles. The first-order valence-electron chi connectivity index (χ1n) is 12.7. The summed E-state index contributed by atoms with van der Waals surface area (Å²) in [4.78, 5) is 27.3. The number of likely N-dealkylation sites (N-methyl/N-ethyl adjacent to an activating group) is 1. The molecule has 3 atom stereocenters. The molecule has 0 spiro atoms. The molecule has 2 fully saturated rings. The molecular formula is C30H34N2O4. The van der Waals surface area contributed by atoms with Crippen molar-refractivity contribution in [3.8, 4) is 5.75 Å². The number of amides is 1. The Balaban J connectivity index is 1.46. The van der Waals surface area contributed by atoms with Crippen molar-refractivity contribution in [2.45, 2.75) is 49.7 Å². The van der Waals surface area contributed by atoms with Gasteiger partial charge in [-0.05, 0) is 79.9 Å². The highest BCUT2D eigenvalue weighted by Gasteiger charge is 2.58. The lowest BCUT2D eigenvalue weighted by molar-refractivity contribution is -0.144. The Morgan fingerprint density at radius 3 is 2.58 bits per heavy atom. The van der Waals surface area contributed by atoms with Gasteiger partial charge in [-0.2, -0.15) is 0 Å². The van der Waals surface area contributed by atoms with E-state index >= 15 is 0 Å². The second-order valence-electron chi connectivity index (χ2n) is 10.4. The maximum absolute atomic E-state index is 13.3. The third-order valence-electron chi connectivity index (χ3n) is 8.20. The van der Waals surface area contributed by atoms with Gasteiger partial charge in [0.1, 0.15) is 5.75 Å². The highest BCUT2D eigenvalue weighted by Crippen LogP contribution is 2.53. The van der Waals surface area contributed by atoms with E-state index in [4.69, 9.17) is 9.47 Å². The summed E-state index contributed by atoms with van der Waals surface area (Å²) >= 11 is 0. The Labute approximate surface area is 212 Å². The Bertz CT molecular complexity index is 1290. The van der Waals surface area contributed by atoms with E-state index in [0.29, 0.717) is 11.3 Å². The number of piperidine rings is 1. The number of esters is 1. The van der Waals surface area contributed by atoms with Crippen LogP contribution < -0.4 is 10.1 Å². The van der Waals surface area contributed by atoms with Gasteiger partial charge in [0.05, 0.1) is 5.60 Å². The van der Waals surface area contributed by atoms with Crippen molar-refractivity contribution in [2.75, 3.05) is 27.2 Å². The molecule has 188 valence electrons. The zero-order chi connectivity index (χ0) is 25.3. The third kappa shape index (κ3) is 4.40. The van der Waals surface area contributed by atoms with Crippen molar-refractivity contribution in [1.82, 2.24) is 10.2 Å². The van der Waals surface area contributed by atoms with Gasteiger partial charge < -0.3 is 19.7 Å². The number of benzene rings is 3. The summed E-state index contributed by atoms with van der Waals surface area (Å²) in [7, 11) is 3.94. The van der Waals surface area contributed by atoms with Crippen molar-refractivity contribution in [3.63, 3.8) is 0 Å². The molecule has 3 aromatic rings. The SMILES string of the molecule is COC12CCC(NC(=O)c3ccc4ccccc4c3)CC1(c1cccc(OC(C)=O)c1)CCN(C)C2. The summed E-state index contributed by atoms with van der Waals surface area (Å²) in [6.07, 6.45) is 3.32. The van der Waals surface area contributed by atoms with Crippen LogP contribution in [0, 0.1) is 0 Å². The van der Waals surface area contributed by atoms with Crippen molar-refractivity contribution < 1.29 is 19.1 Å². The van der Waals surface area contributed by atoms with Gasteiger partial charge in [-0.15, -0.1) is 0 Å². The van der Waals surface area contributed by atoms with Crippen molar-refractivity contribution in [2.24, 2.45) is 0 Å². The van der Waals surface area contributed by atoms with Crippen LogP contribution in [0.1, 0.15) is 48.5 Å². The molecule has 1 heterocycles. The minimum Gasteiger partial charge on any atom is -0.427 e. The lowest BCUT2D eigenvalue weighted by atomic mass is 9.55. The number of hydrogen-bond acceptors (Lipinski definition) is 5. The van der Waals surface area contributed by atoms with Crippen LogP contribution in [0.2, 0.25) is 0 Å². The first kappa shape index (κ1) is 24.5. The molecule has 0 aromatic heterocycles. The van der Waals surface area contributed by atoms with Crippen molar-refractivity contribution in [1.29, 1.82) is 0 Å². The molecule has 1 saturated heterocycles. The third-order valence-corrected chi connectivity index (χ3v) is 8.20. The summed E-state index contributed by atoms with van der Waals surface area (Å²) in [6.45, 7) is 3.15. The van der Waals surface area contributed by atoms with E-state index in [-0.39, 0.29) is 28.9 Å². The van der Waals surface area contributed by atoms with Crippen LogP contribution in [0.5, 0.6) is 5.75 Å². The second-order valence-corrected chi connectivity index (χ2v) is 10.4. The van der Waals surface area contributed by atoms with Gasteiger partial charge in [-0.3, -0.25) is 9.59 Å². The van der Waals surface area contributed by atoms with Gasteiger partial charge in [-0.1, -0.05) is 42.5 Å². The predicted molar refractivity (Wildman–Crippen MR) is 140 cm³/mol. The van der Waals surface area contributed by atoms with Gasteiger partial charge >= 0.3 is 5.97 Å². The van der Waals surface area contributed by atoms with E-state index in [1.165, 1.54) is 6.92 Å². The van der Waals surface area contributed by atoms with Crippen LogP contribution >= 0.6 is 0 Å². The van der Waals surface area contributed by atoms with Gasteiger partial charge in [0.2, 0.25) is 0 Å². The fourth-order valence-corrected chi connectivity index (χ4v) is 6.45. The minimum absolute atomic E-state index is 0.00744. The molecule has 3 unspecified atom stereocenters. The number of nitrogens with zero attached hydrogens (tertiary/aromatic N) is 1. The summed E-state index contributed by atoms with van der Waals surface area (Å²) in [5.74, 6) is 0.156. The van der Waals surface area contributed by atoms with Crippen LogP contribution in [0.15, 0.2) is 66.7 Å². The lowest BCUT2D eigenvalue weighted by Crippen LogP contribution is -2.67. The number of fused-ring (bicyclic) bond motifs is 2. The van der Waals surface area contributed by atoms with E-state index < -0.39 is 0 Å². The zero-order valence-corrected chi connectivity index (χ0v) is 21.3. The molecule has 1 saturated carbocycles. The molecule has 5 rings (SSSR count). The van der Waals surface area contributed by atoms with Crippen LogP contribution in [0.25, 0.3) is 10.8 Å². The van der Waals surface area contributed by atoms with Crippen LogP contribution in [-0.2, 0) is 14.9 Å². The van der Waals surface area contributed by atoms with Gasteiger partial charge in [0.25, 0.3) is 5.91 Å².